The third kappa shape index (κ3) is 3.82. The van der Waals surface area contributed by atoms with Gasteiger partial charge in [0.25, 0.3) is 0 Å². The molecule has 3 nitrogen and oxygen atoms in total. The van der Waals surface area contributed by atoms with Crippen molar-refractivity contribution in [1.29, 1.82) is 0 Å². The van der Waals surface area contributed by atoms with Crippen LogP contribution < -0.4 is 4.74 Å². The van der Waals surface area contributed by atoms with E-state index in [-0.39, 0.29) is 0 Å². The molecule has 0 atom stereocenters. The zero-order valence-electron chi connectivity index (χ0n) is 13.6. The van der Waals surface area contributed by atoms with Gasteiger partial charge in [0, 0.05) is 18.9 Å². The van der Waals surface area contributed by atoms with E-state index in [4.69, 9.17) is 4.74 Å². The van der Waals surface area contributed by atoms with E-state index in [0.717, 1.165) is 18.0 Å². The number of hydrogen-bond acceptors (Lipinski definition) is 2. The van der Waals surface area contributed by atoms with E-state index in [1.54, 1.807) is 0 Å². The number of hydrogen-bond donors (Lipinski definition) is 0. The standard InChI is InChI=1S/C20H22N2O/c1-21(2)14-15-23-20-11-7-6-10-19(20)22-13-12-18(16-22)17-8-4-3-5-9-17/h3-13,16H,14-15H2,1-2H3. The fourth-order valence-corrected chi connectivity index (χ4v) is 2.48. The van der Waals surface area contributed by atoms with E-state index in [1.807, 2.05) is 38.4 Å². The Hall–Kier alpha value is -2.52. The van der Waals surface area contributed by atoms with Gasteiger partial charge in [0.1, 0.15) is 12.4 Å². The Morgan fingerprint density at radius 2 is 1.61 bits per heavy atom. The van der Waals surface area contributed by atoms with Crippen molar-refractivity contribution < 1.29 is 4.74 Å². The highest BCUT2D eigenvalue weighted by Crippen LogP contribution is 2.26. The van der Waals surface area contributed by atoms with Crippen molar-refractivity contribution in [2.45, 2.75) is 0 Å². The van der Waals surface area contributed by atoms with Crippen molar-refractivity contribution in [2.24, 2.45) is 0 Å². The molecule has 0 saturated heterocycles. The van der Waals surface area contributed by atoms with Gasteiger partial charge in [-0.25, -0.2) is 0 Å². The van der Waals surface area contributed by atoms with Crippen LogP contribution in [-0.2, 0) is 0 Å². The minimum Gasteiger partial charge on any atom is -0.490 e. The molecule has 23 heavy (non-hydrogen) atoms. The lowest BCUT2D eigenvalue weighted by atomic mass is 10.1. The van der Waals surface area contributed by atoms with E-state index in [9.17, 15) is 0 Å². The van der Waals surface area contributed by atoms with Gasteiger partial charge < -0.3 is 14.2 Å². The highest BCUT2D eigenvalue weighted by atomic mass is 16.5. The van der Waals surface area contributed by atoms with Crippen LogP contribution in [0.5, 0.6) is 5.75 Å². The van der Waals surface area contributed by atoms with E-state index in [2.05, 4.69) is 58.3 Å². The van der Waals surface area contributed by atoms with Gasteiger partial charge in [-0.15, -0.1) is 0 Å². The van der Waals surface area contributed by atoms with Gasteiger partial charge in [-0.2, -0.15) is 0 Å². The molecule has 0 N–H and O–H groups in total. The maximum atomic E-state index is 5.95. The molecule has 0 saturated carbocycles. The molecule has 3 rings (SSSR count). The van der Waals surface area contributed by atoms with Crippen LogP contribution in [0.15, 0.2) is 73.1 Å². The average molecular weight is 306 g/mol. The highest BCUT2D eigenvalue weighted by molar-refractivity contribution is 5.64. The topological polar surface area (TPSA) is 17.4 Å². The molecular weight excluding hydrogens is 284 g/mol. The minimum absolute atomic E-state index is 0.677. The first-order valence-corrected chi connectivity index (χ1v) is 7.84. The average Bonchev–Trinajstić information content (AvgIpc) is 3.06. The minimum atomic E-state index is 0.677. The van der Waals surface area contributed by atoms with Gasteiger partial charge >= 0.3 is 0 Å². The summed E-state index contributed by atoms with van der Waals surface area (Å²) >= 11 is 0. The van der Waals surface area contributed by atoms with Gasteiger partial charge in [0.15, 0.2) is 0 Å². The number of ether oxygens (including phenoxy) is 1. The Bertz CT molecular complexity index is 747. The second-order valence-electron chi connectivity index (χ2n) is 5.79. The predicted octanol–water partition coefficient (Wildman–Crippen LogP) is 4.08. The maximum absolute atomic E-state index is 5.95. The number of likely N-dealkylation sites (N-methyl/N-ethyl adjacent to an activating group) is 1. The quantitative estimate of drug-likeness (QED) is 0.682. The van der Waals surface area contributed by atoms with Crippen molar-refractivity contribution in [1.82, 2.24) is 9.47 Å². The van der Waals surface area contributed by atoms with Crippen molar-refractivity contribution in [2.75, 3.05) is 27.2 Å². The Morgan fingerprint density at radius 1 is 0.870 bits per heavy atom. The first-order valence-electron chi connectivity index (χ1n) is 7.84. The molecule has 0 spiro atoms. The molecule has 2 aromatic carbocycles. The van der Waals surface area contributed by atoms with Crippen LogP contribution in [0.3, 0.4) is 0 Å². The molecule has 0 unspecified atom stereocenters. The predicted molar refractivity (Wildman–Crippen MR) is 95.3 cm³/mol. The lowest BCUT2D eigenvalue weighted by molar-refractivity contribution is 0.261. The van der Waals surface area contributed by atoms with Gasteiger partial charge in [-0.05, 0) is 43.4 Å². The third-order valence-corrected chi connectivity index (χ3v) is 3.74. The summed E-state index contributed by atoms with van der Waals surface area (Å²) in [6.45, 7) is 1.58. The Kier molecular flexibility index (Phi) is 4.79. The molecule has 0 aliphatic rings. The first-order chi connectivity index (χ1) is 11.2. The van der Waals surface area contributed by atoms with Crippen LogP contribution in [0.4, 0.5) is 0 Å². The summed E-state index contributed by atoms with van der Waals surface area (Å²) in [6, 6.07) is 20.7. The van der Waals surface area contributed by atoms with E-state index < -0.39 is 0 Å². The van der Waals surface area contributed by atoms with Gasteiger partial charge in [-0.3, -0.25) is 0 Å². The van der Waals surface area contributed by atoms with Crippen LogP contribution in [0.25, 0.3) is 16.8 Å². The second kappa shape index (κ2) is 7.16. The molecule has 3 heteroatoms. The molecule has 3 aromatic rings. The molecule has 1 aromatic heterocycles. The van der Waals surface area contributed by atoms with Crippen molar-refractivity contribution in [3.63, 3.8) is 0 Å². The summed E-state index contributed by atoms with van der Waals surface area (Å²) in [7, 11) is 4.10. The van der Waals surface area contributed by atoms with E-state index in [0.29, 0.717) is 6.61 Å². The van der Waals surface area contributed by atoms with Gasteiger partial charge in [-0.1, -0.05) is 42.5 Å². The summed E-state index contributed by atoms with van der Waals surface area (Å²) in [5.74, 6) is 0.907. The lowest BCUT2D eigenvalue weighted by Gasteiger charge is -2.14. The number of nitrogens with zero attached hydrogens (tertiary/aromatic N) is 2. The number of benzene rings is 2. The third-order valence-electron chi connectivity index (χ3n) is 3.74. The number of para-hydroxylation sites is 2. The molecule has 0 bridgehead atoms. The monoisotopic (exact) mass is 306 g/mol. The van der Waals surface area contributed by atoms with Crippen LogP contribution >= 0.6 is 0 Å². The molecule has 118 valence electrons. The van der Waals surface area contributed by atoms with Crippen LogP contribution in [0.1, 0.15) is 0 Å². The summed E-state index contributed by atoms with van der Waals surface area (Å²) in [4.78, 5) is 2.12. The summed E-state index contributed by atoms with van der Waals surface area (Å²) < 4.78 is 8.07. The Balaban J connectivity index is 1.83. The normalized spacial score (nSPS) is 10.9. The number of aromatic nitrogens is 1. The molecule has 0 amide bonds. The molecular formula is C20H22N2O. The van der Waals surface area contributed by atoms with Crippen LogP contribution in [0, 0.1) is 0 Å². The molecule has 0 radical (unpaired) electrons. The molecule has 0 aliphatic heterocycles. The molecule has 1 heterocycles. The van der Waals surface area contributed by atoms with E-state index in [1.165, 1.54) is 11.1 Å². The first kappa shape index (κ1) is 15.4. The summed E-state index contributed by atoms with van der Waals surface area (Å²) in [5.41, 5.74) is 3.49. The van der Waals surface area contributed by atoms with Crippen molar-refractivity contribution in [3.05, 3.63) is 73.1 Å². The fraction of sp³-hybridized carbons (Fsp3) is 0.200. The van der Waals surface area contributed by atoms with Crippen molar-refractivity contribution >= 4 is 0 Å². The smallest absolute Gasteiger partial charge is 0.143 e. The lowest BCUT2D eigenvalue weighted by Crippen LogP contribution is -2.19. The molecule has 0 aliphatic carbocycles. The fourth-order valence-electron chi connectivity index (χ4n) is 2.48. The zero-order valence-corrected chi connectivity index (χ0v) is 13.6. The largest absolute Gasteiger partial charge is 0.490 e. The molecule has 0 fully saturated rings. The van der Waals surface area contributed by atoms with Crippen LogP contribution in [-0.4, -0.2) is 36.7 Å². The highest BCUT2D eigenvalue weighted by Gasteiger charge is 2.07. The Morgan fingerprint density at radius 3 is 2.39 bits per heavy atom. The summed E-state index contributed by atoms with van der Waals surface area (Å²) in [6.07, 6.45) is 4.22. The van der Waals surface area contributed by atoms with Gasteiger partial charge in [0.2, 0.25) is 0 Å². The van der Waals surface area contributed by atoms with E-state index >= 15 is 0 Å². The second-order valence-corrected chi connectivity index (χ2v) is 5.79. The van der Waals surface area contributed by atoms with Crippen molar-refractivity contribution in [3.8, 4) is 22.6 Å². The zero-order chi connectivity index (χ0) is 16.1. The Labute approximate surface area is 137 Å². The summed E-state index contributed by atoms with van der Waals surface area (Å²) in [5, 5.41) is 0. The number of rotatable bonds is 6. The van der Waals surface area contributed by atoms with Gasteiger partial charge in [0.05, 0.1) is 5.69 Å². The maximum Gasteiger partial charge on any atom is 0.143 e. The van der Waals surface area contributed by atoms with Crippen LogP contribution in [0.2, 0.25) is 0 Å². The SMILES string of the molecule is CN(C)CCOc1ccccc1-n1ccc(-c2ccccc2)c1.